The number of carbonyl (C=O) groups excluding carboxylic acids is 2. The van der Waals surface area contributed by atoms with Gasteiger partial charge in [-0.15, -0.1) is 0 Å². The number of aromatic nitrogens is 3. The Hall–Kier alpha value is -3.35. The number of methoxy groups -OCH3 is 1. The van der Waals surface area contributed by atoms with E-state index in [-0.39, 0.29) is 61.4 Å². The molecule has 2 heterocycles. The highest BCUT2D eigenvalue weighted by Gasteiger charge is 2.27. The Morgan fingerprint density at radius 2 is 1.91 bits per heavy atom. The third-order valence-electron chi connectivity index (χ3n) is 5.08. The minimum Gasteiger partial charge on any atom is -0.474 e. The molecule has 0 aliphatic carbocycles. The number of aromatic amines is 1. The molecule has 1 aromatic heterocycles. The normalized spacial score (nSPS) is 14.7. The first-order valence-corrected chi connectivity index (χ1v) is 10.2. The summed E-state index contributed by atoms with van der Waals surface area (Å²) in [6.45, 7) is 1.05. The lowest BCUT2D eigenvalue weighted by atomic mass is 10.0. The zero-order chi connectivity index (χ0) is 23.3. The number of amides is 2. The summed E-state index contributed by atoms with van der Waals surface area (Å²) in [6, 6.07) is 1.62. The number of primary amides is 1. The SMILES string of the molecule is COC(=S)NC(c1cc(F)c(N2CCN(C(=O)CCC(N)=O)CC2)c(F)c1)c1cn[nH]n1. The first kappa shape index (κ1) is 23.3. The first-order chi connectivity index (χ1) is 15.3. The maximum absolute atomic E-state index is 15.0. The molecule has 32 heavy (non-hydrogen) atoms. The number of nitrogens with one attached hydrogen (secondary N) is 2. The molecular formula is C19H23F2N7O3S. The number of piperazine rings is 1. The number of ether oxygens (including phenoxy) is 1. The van der Waals surface area contributed by atoms with Crippen LogP contribution < -0.4 is 16.0 Å². The molecule has 1 unspecified atom stereocenters. The molecule has 4 N–H and O–H groups in total. The van der Waals surface area contributed by atoms with Gasteiger partial charge in [-0.1, -0.05) is 0 Å². The molecule has 1 saturated heterocycles. The van der Waals surface area contributed by atoms with Gasteiger partial charge < -0.3 is 25.6 Å². The Morgan fingerprint density at radius 3 is 2.44 bits per heavy atom. The van der Waals surface area contributed by atoms with Gasteiger partial charge in [0, 0.05) is 39.0 Å². The van der Waals surface area contributed by atoms with E-state index in [0.29, 0.717) is 5.69 Å². The number of nitrogens with zero attached hydrogens (tertiary/aromatic N) is 4. The summed E-state index contributed by atoms with van der Waals surface area (Å²) in [5, 5.41) is 13.0. The minimum atomic E-state index is -0.779. The van der Waals surface area contributed by atoms with Crippen LogP contribution in [0.15, 0.2) is 18.3 Å². The number of anilines is 1. The molecular weight excluding hydrogens is 444 g/mol. The van der Waals surface area contributed by atoms with Crippen LogP contribution in [0.1, 0.15) is 30.1 Å². The fourth-order valence-corrected chi connectivity index (χ4v) is 3.59. The van der Waals surface area contributed by atoms with Crippen LogP contribution in [0.25, 0.3) is 0 Å². The van der Waals surface area contributed by atoms with Gasteiger partial charge in [0.2, 0.25) is 11.8 Å². The van der Waals surface area contributed by atoms with E-state index in [4.69, 9.17) is 22.7 Å². The molecule has 1 aliphatic heterocycles. The van der Waals surface area contributed by atoms with Crippen molar-refractivity contribution in [2.45, 2.75) is 18.9 Å². The van der Waals surface area contributed by atoms with Crippen LogP contribution in [0.5, 0.6) is 0 Å². The van der Waals surface area contributed by atoms with Gasteiger partial charge in [-0.2, -0.15) is 15.4 Å². The molecule has 0 bridgehead atoms. The molecule has 1 atom stereocenters. The summed E-state index contributed by atoms with van der Waals surface area (Å²) in [6.07, 6.45) is 1.40. The van der Waals surface area contributed by atoms with Gasteiger partial charge in [0.15, 0.2) is 0 Å². The van der Waals surface area contributed by atoms with Crippen LogP contribution in [-0.4, -0.2) is 70.6 Å². The van der Waals surface area contributed by atoms with Crippen LogP contribution in [0.4, 0.5) is 14.5 Å². The van der Waals surface area contributed by atoms with Crippen molar-refractivity contribution in [2.75, 3.05) is 38.2 Å². The molecule has 2 aromatic rings. The van der Waals surface area contributed by atoms with Crippen LogP contribution in [-0.2, 0) is 14.3 Å². The predicted octanol–water partition coefficient (Wildman–Crippen LogP) is 0.607. The number of carbonyl (C=O) groups is 2. The van der Waals surface area contributed by atoms with E-state index in [1.807, 2.05) is 0 Å². The Labute approximate surface area is 188 Å². The summed E-state index contributed by atoms with van der Waals surface area (Å²) >= 11 is 5.02. The lowest BCUT2D eigenvalue weighted by molar-refractivity contribution is -0.133. The smallest absolute Gasteiger partial charge is 0.257 e. The van der Waals surface area contributed by atoms with E-state index >= 15 is 8.78 Å². The molecule has 1 aromatic carbocycles. The number of hydrogen-bond donors (Lipinski definition) is 3. The highest BCUT2D eigenvalue weighted by atomic mass is 32.1. The summed E-state index contributed by atoms with van der Waals surface area (Å²) < 4.78 is 35.0. The number of halogens is 2. The Kier molecular flexibility index (Phi) is 7.51. The van der Waals surface area contributed by atoms with Gasteiger partial charge in [-0.05, 0) is 29.9 Å². The number of rotatable bonds is 7. The molecule has 2 amide bonds. The van der Waals surface area contributed by atoms with Crippen molar-refractivity contribution < 1.29 is 23.1 Å². The molecule has 1 aliphatic rings. The van der Waals surface area contributed by atoms with Crippen molar-refractivity contribution in [3.63, 3.8) is 0 Å². The molecule has 10 nitrogen and oxygen atoms in total. The second kappa shape index (κ2) is 10.3. The number of benzene rings is 1. The van der Waals surface area contributed by atoms with Crippen molar-refractivity contribution in [3.8, 4) is 0 Å². The summed E-state index contributed by atoms with van der Waals surface area (Å²) in [7, 11) is 1.37. The summed E-state index contributed by atoms with van der Waals surface area (Å²) in [4.78, 5) is 26.1. The van der Waals surface area contributed by atoms with Crippen molar-refractivity contribution in [2.24, 2.45) is 5.73 Å². The van der Waals surface area contributed by atoms with E-state index in [9.17, 15) is 9.59 Å². The van der Waals surface area contributed by atoms with Crippen LogP contribution in [0, 0.1) is 11.6 Å². The van der Waals surface area contributed by atoms with Crippen LogP contribution >= 0.6 is 12.2 Å². The number of H-pyrrole nitrogens is 1. The maximum atomic E-state index is 15.0. The average Bonchev–Trinajstić information content (AvgIpc) is 3.30. The fourth-order valence-electron chi connectivity index (χ4n) is 3.48. The van der Waals surface area contributed by atoms with Crippen molar-refractivity contribution in [1.29, 1.82) is 0 Å². The van der Waals surface area contributed by atoms with E-state index in [2.05, 4.69) is 20.7 Å². The van der Waals surface area contributed by atoms with Gasteiger partial charge >= 0.3 is 0 Å². The van der Waals surface area contributed by atoms with Crippen molar-refractivity contribution in [3.05, 3.63) is 41.2 Å². The minimum absolute atomic E-state index is 0.0204. The molecule has 0 saturated carbocycles. The molecule has 0 radical (unpaired) electrons. The van der Waals surface area contributed by atoms with Gasteiger partial charge in [-0.25, -0.2) is 8.78 Å². The molecule has 172 valence electrons. The second-order valence-corrected chi connectivity index (χ2v) is 7.50. The monoisotopic (exact) mass is 467 g/mol. The lowest BCUT2D eigenvalue weighted by Gasteiger charge is -2.36. The zero-order valence-corrected chi connectivity index (χ0v) is 18.1. The van der Waals surface area contributed by atoms with E-state index in [1.54, 1.807) is 9.80 Å². The Morgan fingerprint density at radius 1 is 1.25 bits per heavy atom. The van der Waals surface area contributed by atoms with Crippen molar-refractivity contribution in [1.82, 2.24) is 25.6 Å². The second-order valence-electron chi connectivity index (χ2n) is 7.13. The largest absolute Gasteiger partial charge is 0.474 e. The fraction of sp³-hybridized carbons (Fsp3) is 0.421. The molecule has 0 spiro atoms. The van der Waals surface area contributed by atoms with Crippen molar-refractivity contribution >= 4 is 34.9 Å². The van der Waals surface area contributed by atoms with Crippen LogP contribution in [0.2, 0.25) is 0 Å². The van der Waals surface area contributed by atoms with Crippen LogP contribution in [0.3, 0.4) is 0 Å². The van der Waals surface area contributed by atoms with E-state index < -0.39 is 23.6 Å². The average molecular weight is 468 g/mol. The number of thiocarbonyl (C=S) groups is 1. The quantitative estimate of drug-likeness (QED) is 0.505. The summed E-state index contributed by atoms with van der Waals surface area (Å²) in [5.41, 5.74) is 5.52. The van der Waals surface area contributed by atoms with E-state index in [0.717, 1.165) is 0 Å². The highest BCUT2D eigenvalue weighted by molar-refractivity contribution is 7.80. The highest BCUT2D eigenvalue weighted by Crippen LogP contribution is 2.30. The zero-order valence-electron chi connectivity index (χ0n) is 17.3. The molecule has 1 fully saturated rings. The van der Waals surface area contributed by atoms with Gasteiger partial charge in [0.1, 0.15) is 29.1 Å². The molecule has 13 heteroatoms. The third-order valence-corrected chi connectivity index (χ3v) is 5.37. The standard InChI is InChI=1S/C19H23F2N7O3S/c1-31-19(32)24-17(14-10-23-26-25-14)11-8-12(20)18(13(21)9-11)28-6-4-27(5-7-28)16(30)3-2-15(22)29/h8-10,17H,2-7H2,1H3,(H2,22,29)(H,24,32)(H,23,25,26). The predicted molar refractivity (Wildman–Crippen MR) is 115 cm³/mol. The number of nitrogens with two attached hydrogens (primary N) is 1. The topological polar surface area (TPSA) is 129 Å². The van der Waals surface area contributed by atoms with Gasteiger partial charge in [-0.3, -0.25) is 9.59 Å². The van der Waals surface area contributed by atoms with Gasteiger partial charge in [0.25, 0.3) is 5.17 Å². The summed E-state index contributed by atoms with van der Waals surface area (Å²) in [5.74, 6) is -2.28. The Balaban J connectivity index is 1.75. The van der Waals surface area contributed by atoms with Gasteiger partial charge in [0.05, 0.1) is 13.3 Å². The lowest BCUT2D eigenvalue weighted by Crippen LogP contribution is -2.49. The maximum Gasteiger partial charge on any atom is 0.257 e. The Bertz CT molecular complexity index is 958. The third kappa shape index (κ3) is 5.46. The molecule has 3 rings (SSSR count). The first-order valence-electron chi connectivity index (χ1n) is 9.80. The van der Waals surface area contributed by atoms with E-state index in [1.165, 1.54) is 25.4 Å². The number of hydrogen-bond acceptors (Lipinski definition) is 7.